The molecule has 2 aromatic rings. The zero-order valence-corrected chi connectivity index (χ0v) is 16.6. The summed E-state index contributed by atoms with van der Waals surface area (Å²) in [5.74, 6) is 1.29. The minimum Gasteiger partial charge on any atom is -0.494 e. The number of methoxy groups -OCH3 is 2. The molecular weight excluding hydrogens is 358 g/mol. The molecule has 0 saturated carbocycles. The predicted octanol–water partition coefficient (Wildman–Crippen LogP) is 3.74. The Kier molecular flexibility index (Phi) is 6.41. The van der Waals surface area contributed by atoms with E-state index >= 15 is 0 Å². The highest BCUT2D eigenvalue weighted by Crippen LogP contribution is 2.39. The summed E-state index contributed by atoms with van der Waals surface area (Å²) in [6, 6.07) is 12.9. The van der Waals surface area contributed by atoms with Gasteiger partial charge in [0.1, 0.15) is 11.8 Å². The van der Waals surface area contributed by atoms with E-state index in [2.05, 4.69) is 4.90 Å². The molecule has 0 spiro atoms. The first-order valence-corrected chi connectivity index (χ1v) is 9.52. The highest BCUT2D eigenvalue weighted by molar-refractivity contribution is 5.74. The van der Waals surface area contributed by atoms with Crippen LogP contribution in [0.3, 0.4) is 0 Å². The van der Waals surface area contributed by atoms with Crippen molar-refractivity contribution in [3.8, 4) is 17.2 Å². The number of hydrogen-bond acceptors (Lipinski definition) is 5. The minimum atomic E-state index is -0.783. The highest BCUT2D eigenvalue weighted by Gasteiger charge is 2.37. The lowest BCUT2D eigenvalue weighted by Gasteiger charge is -2.32. The molecule has 0 amide bonds. The van der Waals surface area contributed by atoms with E-state index in [1.54, 1.807) is 14.2 Å². The van der Waals surface area contributed by atoms with Crippen LogP contribution >= 0.6 is 0 Å². The van der Waals surface area contributed by atoms with Crippen molar-refractivity contribution in [3.05, 3.63) is 53.6 Å². The number of ether oxygens (including phenoxy) is 3. The monoisotopic (exact) mass is 385 g/mol. The summed E-state index contributed by atoms with van der Waals surface area (Å²) in [6.07, 6.45) is 1.51. The Balaban J connectivity index is 2.05. The largest absolute Gasteiger partial charge is 0.494 e. The van der Waals surface area contributed by atoms with E-state index in [4.69, 9.17) is 14.2 Å². The van der Waals surface area contributed by atoms with Crippen LogP contribution in [-0.4, -0.2) is 49.4 Å². The second kappa shape index (κ2) is 8.97. The van der Waals surface area contributed by atoms with Gasteiger partial charge in [0, 0.05) is 6.54 Å². The zero-order chi connectivity index (χ0) is 20.1. The van der Waals surface area contributed by atoms with Gasteiger partial charge in [0.2, 0.25) is 0 Å². The van der Waals surface area contributed by atoms with Gasteiger partial charge in [0.05, 0.1) is 26.9 Å². The van der Waals surface area contributed by atoms with Gasteiger partial charge in [0.15, 0.2) is 11.5 Å². The Bertz CT molecular complexity index is 805. The lowest BCUT2D eigenvalue weighted by molar-refractivity contribution is -0.142. The Morgan fingerprint density at radius 3 is 2.39 bits per heavy atom. The maximum absolute atomic E-state index is 11.8. The third-order valence-corrected chi connectivity index (χ3v) is 5.14. The fraction of sp³-hybridized carbons (Fsp3) is 0.409. The van der Waals surface area contributed by atoms with Crippen molar-refractivity contribution in [1.82, 2.24) is 4.90 Å². The molecule has 2 aromatic carbocycles. The van der Waals surface area contributed by atoms with Crippen LogP contribution in [0.25, 0.3) is 0 Å². The van der Waals surface area contributed by atoms with E-state index in [9.17, 15) is 9.90 Å². The standard InChI is InChI=1S/C22H27NO5/c1-4-28-17-10-7-15(8-11-17)21(23-13-5-6-18(23)22(24)25)16-9-12-19(26-2)20(14-16)27-3/h7-12,14,18,21H,4-6,13H2,1-3H3,(H,24,25). The van der Waals surface area contributed by atoms with E-state index in [0.29, 0.717) is 24.5 Å². The molecule has 28 heavy (non-hydrogen) atoms. The van der Waals surface area contributed by atoms with Crippen LogP contribution in [0.5, 0.6) is 17.2 Å². The SMILES string of the molecule is CCOc1ccc(C(c2ccc(OC)c(OC)c2)N2CCCC2C(=O)O)cc1. The van der Waals surface area contributed by atoms with Crippen molar-refractivity contribution in [2.24, 2.45) is 0 Å². The van der Waals surface area contributed by atoms with Crippen LogP contribution < -0.4 is 14.2 Å². The molecule has 0 aromatic heterocycles. The molecule has 1 N–H and O–H groups in total. The van der Waals surface area contributed by atoms with Crippen molar-refractivity contribution in [3.63, 3.8) is 0 Å². The Morgan fingerprint density at radius 2 is 1.79 bits per heavy atom. The molecule has 1 fully saturated rings. The topological polar surface area (TPSA) is 68.2 Å². The van der Waals surface area contributed by atoms with Crippen molar-refractivity contribution in [2.75, 3.05) is 27.4 Å². The first-order valence-electron chi connectivity index (χ1n) is 9.52. The van der Waals surface area contributed by atoms with E-state index < -0.39 is 12.0 Å². The molecule has 1 heterocycles. The van der Waals surface area contributed by atoms with Gasteiger partial charge in [-0.1, -0.05) is 18.2 Å². The van der Waals surface area contributed by atoms with Crippen LogP contribution in [0.1, 0.15) is 36.9 Å². The molecule has 1 saturated heterocycles. The van der Waals surface area contributed by atoms with Gasteiger partial charge < -0.3 is 19.3 Å². The first-order chi connectivity index (χ1) is 13.6. The van der Waals surface area contributed by atoms with Crippen molar-refractivity contribution >= 4 is 5.97 Å². The quantitative estimate of drug-likeness (QED) is 0.747. The number of aliphatic carboxylic acids is 1. The number of hydrogen-bond donors (Lipinski definition) is 1. The fourth-order valence-corrected chi connectivity index (χ4v) is 3.87. The minimum absolute atomic E-state index is 0.195. The summed E-state index contributed by atoms with van der Waals surface area (Å²) >= 11 is 0. The van der Waals surface area contributed by atoms with Gasteiger partial charge in [-0.05, 0) is 55.2 Å². The molecule has 150 valence electrons. The summed E-state index contributed by atoms with van der Waals surface area (Å²) < 4.78 is 16.4. The number of carboxylic acid groups (broad SMARTS) is 1. The van der Waals surface area contributed by atoms with Gasteiger partial charge in [-0.3, -0.25) is 9.69 Å². The van der Waals surface area contributed by atoms with Gasteiger partial charge in [0.25, 0.3) is 0 Å². The molecule has 1 aliphatic heterocycles. The molecular formula is C22H27NO5. The van der Waals surface area contributed by atoms with Gasteiger partial charge in [-0.25, -0.2) is 0 Å². The summed E-state index contributed by atoms with van der Waals surface area (Å²) in [6.45, 7) is 3.27. The van der Waals surface area contributed by atoms with Crippen LogP contribution in [0.15, 0.2) is 42.5 Å². The van der Waals surface area contributed by atoms with Crippen LogP contribution in [0, 0.1) is 0 Å². The van der Waals surface area contributed by atoms with Gasteiger partial charge in [-0.15, -0.1) is 0 Å². The number of likely N-dealkylation sites (tertiary alicyclic amines) is 1. The Labute approximate surface area is 165 Å². The first kappa shape index (κ1) is 20.0. The van der Waals surface area contributed by atoms with Gasteiger partial charge >= 0.3 is 5.97 Å². The highest BCUT2D eigenvalue weighted by atomic mass is 16.5. The molecule has 0 radical (unpaired) electrons. The zero-order valence-electron chi connectivity index (χ0n) is 16.6. The molecule has 6 heteroatoms. The Hall–Kier alpha value is -2.73. The Morgan fingerprint density at radius 1 is 1.11 bits per heavy atom. The third-order valence-electron chi connectivity index (χ3n) is 5.14. The number of rotatable bonds is 8. The second-order valence-electron chi connectivity index (χ2n) is 6.75. The maximum atomic E-state index is 11.8. The number of benzene rings is 2. The van der Waals surface area contributed by atoms with E-state index in [-0.39, 0.29) is 6.04 Å². The lowest BCUT2D eigenvalue weighted by Crippen LogP contribution is -2.39. The molecule has 2 unspecified atom stereocenters. The summed E-state index contributed by atoms with van der Waals surface area (Å²) in [4.78, 5) is 13.9. The molecule has 2 atom stereocenters. The van der Waals surface area contributed by atoms with E-state index in [1.807, 2.05) is 49.4 Å². The molecule has 0 bridgehead atoms. The summed E-state index contributed by atoms with van der Waals surface area (Å²) in [5.41, 5.74) is 1.98. The molecule has 6 nitrogen and oxygen atoms in total. The fourth-order valence-electron chi connectivity index (χ4n) is 3.87. The van der Waals surface area contributed by atoms with Crippen molar-refractivity contribution < 1.29 is 24.1 Å². The number of nitrogens with zero attached hydrogens (tertiary/aromatic N) is 1. The van der Waals surface area contributed by atoms with Crippen LogP contribution in [-0.2, 0) is 4.79 Å². The van der Waals surface area contributed by atoms with Crippen molar-refractivity contribution in [2.45, 2.75) is 31.8 Å². The second-order valence-corrected chi connectivity index (χ2v) is 6.75. The molecule has 0 aliphatic carbocycles. The molecule has 1 aliphatic rings. The van der Waals surface area contributed by atoms with Crippen LogP contribution in [0.2, 0.25) is 0 Å². The van der Waals surface area contributed by atoms with Crippen molar-refractivity contribution in [1.29, 1.82) is 0 Å². The number of carbonyl (C=O) groups is 1. The normalized spacial score (nSPS) is 17.9. The predicted molar refractivity (Wildman–Crippen MR) is 106 cm³/mol. The maximum Gasteiger partial charge on any atom is 0.320 e. The average molecular weight is 385 g/mol. The molecule has 3 rings (SSSR count). The number of carboxylic acids is 1. The van der Waals surface area contributed by atoms with Crippen LogP contribution in [0.4, 0.5) is 0 Å². The van der Waals surface area contributed by atoms with E-state index in [0.717, 1.165) is 29.8 Å². The average Bonchev–Trinajstić information content (AvgIpc) is 3.19. The van der Waals surface area contributed by atoms with Gasteiger partial charge in [-0.2, -0.15) is 0 Å². The summed E-state index contributed by atoms with van der Waals surface area (Å²) in [5, 5.41) is 9.72. The van der Waals surface area contributed by atoms with E-state index in [1.165, 1.54) is 0 Å². The third kappa shape index (κ3) is 4.07. The summed E-state index contributed by atoms with van der Waals surface area (Å²) in [7, 11) is 3.20. The smallest absolute Gasteiger partial charge is 0.320 e. The lowest BCUT2D eigenvalue weighted by atomic mass is 9.95.